The summed E-state index contributed by atoms with van der Waals surface area (Å²) in [4.78, 5) is 2.34. The van der Waals surface area contributed by atoms with E-state index in [-0.39, 0.29) is 0 Å². The van der Waals surface area contributed by atoms with Crippen molar-refractivity contribution in [3.63, 3.8) is 0 Å². The van der Waals surface area contributed by atoms with Crippen LogP contribution in [-0.4, -0.2) is 43.4 Å². The van der Waals surface area contributed by atoms with Crippen LogP contribution in [0.5, 0.6) is 11.5 Å². The number of aliphatic hydroxyl groups excluding tert-OH is 1. The Morgan fingerprint density at radius 3 is 2.13 bits per heavy atom. The lowest BCUT2D eigenvalue weighted by Crippen LogP contribution is -2.27. The van der Waals surface area contributed by atoms with Crippen molar-refractivity contribution in [2.75, 3.05) is 33.4 Å². The van der Waals surface area contributed by atoms with Gasteiger partial charge in [-0.05, 0) is 59.6 Å². The zero-order valence-electron chi connectivity index (χ0n) is 18.8. The normalized spacial score (nSPS) is 12.0. The van der Waals surface area contributed by atoms with Gasteiger partial charge in [0.2, 0.25) is 0 Å². The van der Waals surface area contributed by atoms with E-state index in [1.54, 1.807) is 7.11 Å². The molecule has 3 aromatic carbocycles. The SMILES string of the molecule is CCN(CC)CCOc1ccc(-c2ccccc2C(O)Cc2ccc(OC)cc2)cc1. The minimum atomic E-state index is -0.588. The second kappa shape index (κ2) is 11.5. The van der Waals surface area contributed by atoms with Gasteiger partial charge < -0.3 is 19.5 Å². The topological polar surface area (TPSA) is 41.9 Å². The average molecular weight is 420 g/mol. The highest BCUT2D eigenvalue weighted by atomic mass is 16.5. The Labute approximate surface area is 186 Å². The summed E-state index contributed by atoms with van der Waals surface area (Å²) in [6, 6.07) is 24.0. The summed E-state index contributed by atoms with van der Waals surface area (Å²) >= 11 is 0. The van der Waals surface area contributed by atoms with E-state index in [0.717, 1.165) is 53.4 Å². The molecule has 164 valence electrons. The van der Waals surface area contributed by atoms with Crippen LogP contribution in [0.4, 0.5) is 0 Å². The first kappa shape index (κ1) is 22.9. The second-order valence-corrected chi connectivity index (χ2v) is 7.55. The highest BCUT2D eigenvalue weighted by Crippen LogP contribution is 2.31. The molecule has 4 heteroatoms. The molecule has 4 nitrogen and oxygen atoms in total. The molecule has 0 aromatic heterocycles. The number of hydrogen-bond donors (Lipinski definition) is 1. The maximum Gasteiger partial charge on any atom is 0.119 e. The minimum Gasteiger partial charge on any atom is -0.497 e. The fourth-order valence-electron chi connectivity index (χ4n) is 3.71. The molecule has 0 aliphatic carbocycles. The van der Waals surface area contributed by atoms with Gasteiger partial charge in [-0.15, -0.1) is 0 Å². The molecule has 1 N–H and O–H groups in total. The van der Waals surface area contributed by atoms with Gasteiger partial charge in [-0.3, -0.25) is 0 Å². The highest BCUT2D eigenvalue weighted by molar-refractivity contribution is 5.68. The third-order valence-electron chi connectivity index (χ3n) is 5.64. The van der Waals surface area contributed by atoms with E-state index in [0.29, 0.717) is 13.0 Å². The largest absolute Gasteiger partial charge is 0.497 e. The molecular weight excluding hydrogens is 386 g/mol. The zero-order chi connectivity index (χ0) is 22.1. The van der Waals surface area contributed by atoms with Crippen molar-refractivity contribution in [1.29, 1.82) is 0 Å². The van der Waals surface area contributed by atoms with Gasteiger partial charge in [0.15, 0.2) is 0 Å². The number of rotatable bonds is 11. The number of likely N-dealkylation sites (N-methyl/N-ethyl adjacent to an activating group) is 1. The summed E-state index contributed by atoms with van der Waals surface area (Å²) in [6.07, 6.45) is -0.0392. The van der Waals surface area contributed by atoms with E-state index in [9.17, 15) is 5.11 Å². The van der Waals surface area contributed by atoms with Crippen LogP contribution in [-0.2, 0) is 6.42 Å². The van der Waals surface area contributed by atoms with Crippen molar-refractivity contribution < 1.29 is 14.6 Å². The Bertz CT molecular complexity index is 918. The molecule has 0 amide bonds. The van der Waals surface area contributed by atoms with Crippen LogP contribution in [0.1, 0.15) is 31.1 Å². The van der Waals surface area contributed by atoms with Crippen LogP contribution in [0.25, 0.3) is 11.1 Å². The van der Waals surface area contributed by atoms with Gasteiger partial charge in [-0.25, -0.2) is 0 Å². The third-order valence-corrected chi connectivity index (χ3v) is 5.64. The third kappa shape index (κ3) is 6.33. The van der Waals surface area contributed by atoms with E-state index >= 15 is 0 Å². The minimum absolute atomic E-state index is 0.549. The zero-order valence-corrected chi connectivity index (χ0v) is 18.8. The fourth-order valence-corrected chi connectivity index (χ4v) is 3.71. The number of hydrogen-bond acceptors (Lipinski definition) is 4. The number of methoxy groups -OCH3 is 1. The van der Waals surface area contributed by atoms with E-state index < -0.39 is 6.10 Å². The molecule has 0 spiro atoms. The standard InChI is InChI=1S/C27H33NO3/c1-4-28(5-2)18-19-31-24-16-12-22(13-17-24)25-8-6-7-9-26(25)27(29)20-21-10-14-23(30-3)15-11-21/h6-17,27,29H,4-5,18-20H2,1-3H3. The van der Waals surface area contributed by atoms with Gasteiger partial charge in [0.05, 0.1) is 13.2 Å². The van der Waals surface area contributed by atoms with Crippen LogP contribution in [0.2, 0.25) is 0 Å². The predicted octanol–water partition coefficient (Wildman–Crippen LogP) is 5.36. The molecule has 3 aromatic rings. The average Bonchev–Trinajstić information content (AvgIpc) is 2.83. The molecule has 1 unspecified atom stereocenters. The van der Waals surface area contributed by atoms with Crippen LogP contribution in [0.15, 0.2) is 72.8 Å². The molecule has 0 bridgehead atoms. The Morgan fingerprint density at radius 1 is 0.839 bits per heavy atom. The van der Waals surface area contributed by atoms with Crippen molar-refractivity contribution >= 4 is 0 Å². The van der Waals surface area contributed by atoms with Gasteiger partial charge in [0, 0.05) is 13.0 Å². The Kier molecular flexibility index (Phi) is 8.51. The first-order valence-electron chi connectivity index (χ1n) is 11.0. The summed E-state index contributed by atoms with van der Waals surface area (Å²) in [5, 5.41) is 11.0. The first-order chi connectivity index (χ1) is 15.1. The van der Waals surface area contributed by atoms with Crippen molar-refractivity contribution in [2.45, 2.75) is 26.4 Å². The smallest absolute Gasteiger partial charge is 0.119 e. The Balaban J connectivity index is 1.68. The molecule has 0 fully saturated rings. The molecule has 0 aliphatic rings. The molecule has 0 saturated carbocycles. The summed E-state index contributed by atoms with van der Waals surface area (Å²) in [6.45, 7) is 8.01. The molecule has 0 heterocycles. The molecule has 31 heavy (non-hydrogen) atoms. The summed E-state index contributed by atoms with van der Waals surface area (Å²) < 4.78 is 11.1. The van der Waals surface area contributed by atoms with Crippen molar-refractivity contribution in [2.24, 2.45) is 0 Å². The van der Waals surface area contributed by atoms with Crippen molar-refractivity contribution in [1.82, 2.24) is 4.90 Å². The maximum atomic E-state index is 11.0. The monoisotopic (exact) mass is 419 g/mol. The highest BCUT2D eigenvalue weighted by Gasteiger charge is 2.14. The quantitative estimate of drug-likeness (QED) is 0.454. The van der Waals surface area contributed by atoms with Crippen LogP contribution >= 0.6 is 0 Å². The summed E-state index contributed by atoms with van der Waals surface area (Å²) in [5.41, 5.74) is 4.10. The molecule has 0 saturated heterocycles. The molecular formula is C27H33NO3. The Hall–Kier alpha value is -2.82. The number of nitrogens with zero attached hydrogens (tertiary/aromatic N) is 1. The summed E-state index contributed by atoms with van der Waals surface area (Å²) in [5.74, 6) is 1.69. The van der Waals surface area contributed by atoms with E-state index in [2.05, 4.69) is 36.9 Å². The van der Waals surface area contributed by atoms with Gasteiger partial charge in [0.1, 0.15) is 18.1 Å². The van der Waals surface area contributed by atoms with Crippen molar-refractivity contribution in [3.05, 3.63) is 83.9 Å². The number of aliphatic hydroxyl groups is 1. The summed E-state index contributed by atoms with van der Waals surface area (Å²) in [7, 11) is 1.65. The van der Waals surface area contributed by atoms with Crippen LogP contribution in [0.3, 0.4) is 0 Å². The molecule has 3 rings (SSSR count). The maximum absolute atomic E-state index is 11.0. The van der Waals surface area contributed by atoms with E-state index in [1.165, 1.54) is 0 Å². The van der Waals surface area contributed by atoms with Crippen LogP contribution in [0, 0.1) is 0 Å². The Morgan fingerprint density at radius 2 is 1.48 bits per heavy atom. The second-order valence-electron chi connectivity index (χ2n) is 7.55. The van der Waals surface area contributed by atoms with Gasteiger partial charge in [-0.2, -0.15) is 0 Å². The fraction of sp³-hybridized carbons (Fsp3) is 0.333. The predicted molar refractivity (Wildman–Crippen MR) is 127 cm³/mol. The molecule has 1 atom stereocenters. The first-order valence-corrected chi connectivity index (χ1v) is 11.0. The van der Waals surface area contributed by atoms with Gasteiger partial charge in [0.25, 0.3) is 0 Å². The molecule has 0 aliphatic heterocycles. The lowest BCUT2D eigenvalue weighted by molar-refractivity contribution is 0.179. The van der Waals surface area contributed by atoms with Crippen molar-refractivity contribution in [3.8, 4) is 22.6 Å². The lowest BCUT2D eigenvalue weighted by atomic mass is 9.93. The van der Waals surface area contributed by atoms with E-state index in [1.807, 2.05) is 54.6 Å². The van der Waals surface area contributed by atoms with E-state index in [4.69, 9.17) is 9.47 Å². The van der Waals surface area contributed by atoms with Crippen LogP contribution < -0.4 is 9.47 Å². The van der Waals surface area contributed by atoms with Gasteiger partial charge in [-0.1, -0.05) is 62.4 Å². The number of benzene rings is 3. The number of ether oxygens (including phenoxy) is 2. The molecule has 0 radical (unpaired) electrons. The van der Waals surface area contributed by atoms with Gasteiger partial charge >= 0.3 is 0 Å². The lowest BCUT2D eigenvalue weighted by Gasteiger charge is -2.18.